The molecule has 0 aliphatic carbocycles. The summed E-state index contributed by atoms with van der Waals surface area (Å²) in [5.74, 6) is -2.08. The molecule has 1 N–H and O–H groups in total. The van der Waals surface area contributed by atoms with Crippen molar-refractivity contribution in [2.24, 2.45) is 0 Å². The zero-order valence-corrected chi connectivity index (χ0v) is 11.5. The molecule has 0 atom stereocenters. The van der Waals surface area contributed by atoms with E-state index < -0.39 is 22.2 Å². The average molecular weight is 296 g/mol. The maximum Gasteiger partial charge on any atom is 0.307 e. The van der Waals surface area contributed by atoms with Crippen LogP contribution in [0.3, 0.4) is 0 Å². The van der Waals surface area contributed by atoms with Gasteiger partial charge in [0.15, 0.2) is 0 Å². The van der Waals surface area contributed by atoms with Crippen molar-refractivity contribution in [3.63, 3.8) is 0 Å². The van der Waals surface area contributed by atoms with Crippen molar-refractivity contribution in [2.75, 3.05) is 5.32 Å². The van der Waals surface area contributed by atoms with Crippen molar-refractivity contribution < 1.29 is 13.7 Å². The number of rotatable bonds is 5. The minimum Gasteiger partial charge on any atom is -0.378 e. The zero-order valence-electron chi connectivity index (χ0n) is 11.5. The molecule has 0 fully saturated rings. The van der Waals surface area contributed by atoms with E-state index in [2.05, 4.69) is 10.4 Å². The number of nitro benzene ring substituents is 1. The molecule has 1 heterocycles. The first-order chi connectivity index (χ1) is 9.88. The van der Waals surface area contributed by atoms with Crippen LogP contribution in [0, 0.1) is 21.7 Å². The van der Waals surface area contributed by atoms with Gasteiger partial charge < -0.3 is 5.32 Å². The summed E-state index contributed by atoms with van der Waals surface area (Å²) >= 11 is 0. The van der Waals surface area contributed by atoms with Crippen molar-refractivity contribution in [1.29, 1.82) is 0 Å². The van der Waals surface area contributed by atoms with Crippen LogP contribution in [0.2, 0.25) is 0 Å². The molecule has 0 amide bonds. The van der Waals surface area contributed by atoms with Crippen LogP contribution in [0.25, 0.3) is 0 Å². The highest BCUT2D eigenvalue weighted by Gasteiger charge is 2.18. The molecule has 0 saturated carbocycles. The standard InChI is InChI=1S/C13H14F2N4O2/c1-8(2)18-7-9(6-17-18)5-16-12-4-13(19(20)21)11(15)3-10(12)14/h3-4,6-8,16H,5H2,1-2H3. The van der Waals surface area contributed by atoms with Gasteiger partial charge in [0.2, 0.25) is 5.82 Å². The average Bonchev–Trinajstić information content (AvgIpc) is 2.86. The largest absolute Gasteiger partial charge is 0.378 e. The molecule has 1 aromatic heterocycles. The van der Waals surface area contributed by atoms with Crippen molar-refractivity contribution >= 4 is 11.4 Å². The lowest BCUT2D eigenvalue weighted by atomic mass is 10.2. The van der Waals surface area contributed by atoms with E-state index in [1.807, 2.05) is 13.8 Å². The quantitative estimate of drug-likeness (QED) is 0.679. The Bertz CT molecular complexity index is 670. The number of halogens is 2. The predicted octanol–water partition coefficient (Wildman–Crippen LogP) is 3.26. The maximum atomic E-state index is 13.6. The minimum absolute atomic E-state index is 0.125. The second-order valence-electron chi connectivity index (χ2n) is 4.82. The van der Waals surface area contributed by atoms with Gasteiger partial charge in [0.25, 0.3) is 0 Å². The first-order valence-electron chi connectivity index (χ1n) is 6.29. The molecule has 0 radical (unpaired) electrons. The van der Waals surface area contributed by atoms with Crippen molar-refractivity contribution in [1.82, 2.24) is 9.78 Å². The molecular formula is C13H14F2N4O2. The van der Waals surface area contributed by atoms with Gasteiger partial charge in [-0.1, -0.05) is 0 Å². The van der Waals surface area contributed by atoms with Gasteiger partial charge in [-0.15, -0.1) is 0 Å². The predicted molar refractivity (Wildman–Crippen MR) is 73.0 cm³/mol. The molecule has 0 saturated heterocycles. The summed E-state index contributed by atoms with van der Waals surface area (Å²) < 4.78 is 28.5. The fraction of sp³-hybridized carbons (Fsp3) is 0.308. The molecule has 2 aromatic rings. The van der Waals surface area contributed by atoms with Crippen LogP contribution in [0.15, 0.2) is 24.5 Å². The summed E-state index contributed by atoms with van der Waals surface area (Å²) in [6.45, 7) is 4.16. The fourth-order valence-electron chi connectivity index (χ4n) is 1.76. The van der Waals surface area contributed by atoms with E-state index in [0.717, 1.165) is 11.6 Å². The molecule has 0 spiro atoms. The zero-order chi connectivity index (χ0) is 15.6. The van der Waals surface area contributed by atoms with E-state index in [1.54, 1.807) is 17.1 Å². The lowest BCUT2D eigenvalue weighted by Crippen LogP contribution is -2.04. The van der Waals surface area contributed by atoms with Crippen LogP contribution >= 0.6 is 0 Å². The van der Waals surface area contributed by atoms with Crippen LogP contribution in [0.1, 0.15) is 25.5 Å². The SMILES string of the molecule is CC(C)n1cc(CNc2cc([N+](=O)[O-])c(F)cc2F)cn1. The molecule has 2 rings (SSSR count). The fourth-order valence-corrected chi connectivity index (χ4v) is 1.76. The Morgan fingerprint density at radius 1 is 1.38 bits per heavy atom. The molecular weight excluding hydrogens is 282 g/mol. The first kappa shape index (κ1) is 14.9. The van der Waals surface area contributed by atoms with Gasteiger partial charge in [-0.3, -0.25) is 14.8 Å². The van der Waals surface area contributed by atoms with Crippen LogP contribution < -0.4 is 5.32 Å². The van der Waals surface area contributed by atoms with Gasteiger partial charge in [0.05, 0.1) is 16.8 Å². The van der Waals surface area contributed by atoms with Gasteiger partial charge in [-0.2, -0.15) is 9.49 Å². The Hall–Kier alpha value is -2.51. The molecule has 6 nitrogen and oxygen atoms in total. The summed E-state index contributed by atoms with van der Waals surface area (Å²) in [7, 11) is 0. The van der Waals surface area contributed by atoms with E-state index in [-0.39, 0.29) is 18.3 Å². The number of nitrogens with one attached hydrogen (secondary N) is 1. The highest BCUT2D eigenvalue weighted by molar-refractivity contribution is 5.53. The third-order valence-corrected chi connectivity index (χ3v) is 2.90. The molecule has 1 aromatic carbocycles. The highest BCUT2D eigenvalue weighted by atomic mass is 19.1. The monoisotopic (exact) mass is 296 g/mol. The minimum atomic E-state index is -1.20. The molecule has 0 aliphatic rings. The summed E-state index contributed by atoms with van der Waals surface area (Å²) in [4.78, 5) is 9.75. The Labute approximate surface area is 119 Å². The number of hydrogen-bond acceptors (Lipinski definition) is 4. The van der Waals surface area contributed by atoms with E-state index in [4.69, 9.17) is 0 Å². The Morgan fingerprint density at radius 2 is 2.10 bits per heavy atom. The summed E-state index contributed by atoms with van der Waals surface area (Å²) in [6.07, 6.45) is 3.40. The summed E-state index contributed by atoms with van der Waals surface area (Å²) in [6, 6.07) is 1.54. The highest BCUT2D eigenvalue weighted by Crippen LogP contribution is 2.25. The molecule has 0 aliphatic heterocycles. The van der Waals surface area contributed by atoms with E-state index >= 15 is 0 Å². The van der Waals surface area contributed by atoms with Crippen LogP contribution in [-0.2, 0) is 6.54 Å². The van der Waals surface area contributed by atoms with Crippen molar-refractivity contribution in [3.05, 3.63) is 51.8 Å². The number of benzene rings is 1. The van der Waals surface area contributed by atoms with E-state index in [1.165, 1.54) is 0 Å². The Morgan fingerprint density at radius 3 is 2.67 bits per heavy atom. The van der Waals surface area contributed by atoms with Gasteiger partial charge in [-0.25, -0.2) is 4.39 Å². The van der Waals surface area contributed by atoms with E-state index in [9.17, 15) is 18.9 Å². The number of aromatic nitrogens is 2. The lowest BCUT2D eigenvalue weighted by Gasteiger charge is -2.07. The van der Waals surface area contributed by atoms with Gasteiger partial charge in [0.1, 0.15) is 5.82 Å². The smallest absolute Gasteiger partial charge is 0.307 e. The van der Waals surface area contributed by atoms with Crippen molar-refractivity contribution in [3.8, 4) is 0 Å². The topological polar surface area (TPSA) is 73.0 Å². The van der Waals surface area contributed by atoms with Gasteiger partial charge >= 0.3 is 5.69 Å². The second-order valence-corrected chi connectivity index (χ2v) is 4.82. The van der Waals surface area contributed by atoms with Gasteiger partial charge in [-0.05, 0) is 13.8 Å². The van der Waals surface area contributed by atoms with Crippen LogP contribution in [0.5, 0.6) is 0 Å². The van der Waals surface area contributed by atoms with Crippen LogP contribution in [0.4, 0.5) is 20.2 Å². The first-order valence-corrected chi connectivity index (χ1v) is 6.29. The summed E-state index contributed by atoms with van der Waals surface area (Å²) in [5.41, 5.74) is -0.104. The third kappa shape index (κ3) is 3.33. The number of nitro groups is 1. The number of hydrogen-bond donors (Lipinski definition) is 1. The normalized spacial score (nSPS) is 10.9. The van der Waals surface area contributed by atoms with Crippen LogP contribution in [-0.4, -0.2) is 14.7 Å². The second kappa shape index (κ2) is 5.86. The molecule has 21 heavy (non-hydrogen) atoms. The number of nitrogens with zero attached hydrogens (tertiary/aromatic N) is 3. The Balaban J connectivity index is 2.15. The Kier molecular flexibility index (Phi) is 4.15. The number of anilines is 1. The lowest BCUT2D eigenvalue weighted by molar-refractivity contribution is -0.387. The maximum absolute atomic E-state index is 13.6. The summed E-state index contributed by atoms with van der Waals surface area (Å²) in [5, 5.41) is 17.5. The van der Waals surface area contributed by atoms with E-state index in [0.29, 0.717) is 6.07 Å². The molecule has 0 unspecified atom stereocenters. The molecule has 0 bridgehead atoms. The van der Waals surface area contributed by atoms with Crippen molar-refractivity contribution in [2.45, 2.75) is 26.4 Å². The third-order valence-electron chi connectivity index (χ3n) is 2.90. The molecule has 112 valence electrons. The molecule has 8 heteroatoms. The van der Waals surface area contributed by atoms with Gasteiger partial charge in [0, 0.05) is 36.5 Å².